The summed E-state index contributed by atoms with van der Waals surface area (Å²) in [5.74, 6) is 3.55. The van der Waals surface area contributed by atoms with Crippen LogP contribution in [0.5, 0.6) is 0 Å². The molecule has 1 heterocycles. The third kappa shape index (κ3) is 2.44. The van der Waals surface area contributed by atoms with Crippen LogP contribution in [-0.4, -0.2) is 18.1 Å². The molecule has 0 bridgehead atoms. The fraction of sp³-hybridized carbons (Fsp3) is 0.500. The van der Waals surface area contributed by atoms with Crippen molar-refractivity contribution in [3.8, 4) is 0 Å². The van der Waals surface area contributed by atoms with E-state index in [4.69, 9.17) is 0 Å². The van der Waals surface area contributed by atoms with Gasteiger partial charge in [0.25, 0.3) is 0 Å². The molecule has 1 unspecified atom stereocenters. The minimum absolute atomic E-state index is 0.875. The topological polar surface area (TPSA) is 12.0 Å². The maximum Gasteiger partial charge on any atom is 0.0369 e. The third-order valence-corrected chi connectivity index (χ3v) is 3.98. The minimum Gasteiger partial charge on any atom is -0.385 e. The van der Waals surface area contributed by atoms with E-state index in [9.17, 15) is 0 Å². The summed E-state index contributed by atoms with van der Waals surface area (Å²) in [5.41, 5.74) is 2.64. The summed E-state index contributed by atoms with van der Waals surface area (Å²) in [6.45, 7) is 3.30. The van der Waals surface area contributed by atoms with E-state index in [1.165, 1.54) is 29.2 Å². The molecule has 1 aliphatic heterocycles. The lowest BCUT2D eigenvalue weighted by Gasteiger charge is -2.12. The average Bonchev–Trinajstić information content (AvgIpc) is 2.69. The Kier molecular flexibility index (Phi) is 3.35. The van der Waals surface area contributed by atoms with Crippen LogP contribution in [0, 0.1) is 12.8 Å². The molecule has 1 N–H and O–H groups in total. The molecule has 1 nitrogen and oxygen atoms in total. The van der Waals surface area contributed by atoms with Crippen LogP contribution in [0.15, 0.2) is 24.3 Å². The Morgan fingerprint density at radius 3 is 3.00 bits per heavy atom. The first-order chi connectivity index (χ1) is 6.86. The van der Waals surface area contributed by atoms with Crippen molar-refractivity contribution in [3.05, 3.63) is 29.8 Å². The van der Waals surface area contributed by atoms with Gasteiger partial charge in [0.1, 0.15) is 0 Å². The largest absolute Gasteiger partial charge is 0.385 e. The quantitative estimate of drug-likeness (QED) is 0.817. The normalized spacial score (nSPS) is 21.1. The Morgan fingerprint density at radius 2 is 2.29 bits per heavy atom. The van der Waals surface area contributed by atoms with Crippen molar-refractivity contribution in [1.29, 1.82) is 0 Å². The summed E-state index contributed by atoms with van der Waals surface area (Å²) in [4.78, 5) is 0. The first-order valence-corrected chi connectivity index (χ1v) is 6.39. The summed E-state index contributed by atoms with van der Waals surface area (Å²) in [6.07, 6.45) is 1.38. The van der Waals surface area contributed by atoms with E-state index in [1.54, 1.807) is 0 Å². The first kappa shape index (κ1) is 9.91. The molecule has 2 rings (SSSR count). The van der Waals surface area contributed by atoms with Crippen LogP contribution < -0.4 is 5.32 Å². The molecular formula is C12H17NS. The number of hydrogen-bond acceptors (Lipinski definition) is 2. The van der Waals surface area contributed by atoms with Crippen LogP contribution in [0.4, 0.5) is 5.69 Å². The first-order valence-electron chi connectivity index (χ1n) is 5.23. The van der Waals surface area contributed by atoms with Crippen molar-refractivity contribution in [1.82, 2.24) is 0 Å². The fourth-order valence-electron chi connectivity index (χ4n) is 1.77. The maximum atomic E-state index is 3.54. The zero-order valence-electron chi connectivity index (χ0n) is 8.62. The summed E-state index contributed by atoms with van der Waals surface area (Å²) < 4.78 is 0. The Morgan fingerprint density at radius 1 is 1.43 bits per heavy atom. The van der Waals surface area contributed by atoms with Gasteiger partial charge in [0.05, 0.1) is 0 Å². The molecule has 0 saturated carbocycles. The predicted molar refractivity (Wildman–Crippen MR) is 65.1 cm³/mol. The van der Waals surface area contributed by atoms with Crippen molar-refractivity contribution < 1.29 is 0 Å². The number of benzene rings is 1. The van der Waals surface area contributed by atoms with E-state index in [0.717, 1.165) is 12.5 Å². The van der Waals surface area contributed by atoms with Gasteiger partial charge in [-0.05, 0) is 42.4 Å². The summed E-state index contributed by atoms with van der Waals surface area (Å²) >= 11 is 2.08. The summed E-state index contributed by atoms with van der Waals surface area (Å²) in [7, 11) is 0. The van der Waals surface area contributed by atoms with Gasteiger partial charge in [-0.25, -0.2) is 0 Å². The highest BCUT2D eigenvalue weighted by Crippen LogP contribution is 2.24. The predicted octanol–water partition coefficient (Wildman–Crippen LogP) is 3.16. The van der Waals surface area contributed by atoms with E-state index in [-0.39, 0.29) is 0 Å². The molecule has 1 atom stereocenters. The number of anilines is 1. The van der Waals surface area contributed by atoms with E-state index < -0.39 is 0 Å². The van der Waals surface area contributed by atoms with E-state index >= 15 is 0 Å². The van der Waals surface area contributed by atoms with Crippen molar-refractivity contribution >= 4 is 17.4 Å². The minimum atomic E-state index is 0.875. The Hall–Kier alpha value is -0.630. The number of thioether (sulfide) groups is 1. The zero-order valence-corrected chi connectivity index (χ0v) is 9.44. The highest BCUT2D eigenvalue weighted by Gasteiger charge is 2.14. The number of para-hydroxylation sites is 1. The average molecular weight is 207 g/mol. The SMILES string of the molecule is Cc1ccccc1NCC1CCSC1. The Bertz CT molecular complexity index is 292. The number of rotatable bonds is 3. The molecule has 14 heavy (non-hydrogen) atoms. The molecule has 0 amide bonds. The van der Waals surface area contributed by atoms with Crippen LogP contribution >= 0.6 is 11.8 Å². The third-order valence-electron chi connectivity index (χ3n) is 2.75. The number of aryl methyl sites for hydroxylation is 1. The van der Waals surface area contributed by atoms with Gasteiger partial charge in [0, 0.05) is 12.2 Å². The second kappa shape index (κ2) is 4.74. The molecular weight excluding hydrogens is 190 g/mol. The van der Waals surface area contributed by atoms with E-state index in [1.807, 2.05) is 0 Å². The van der Waals surface area contributed by atoms with Crippen LogP contribution in [0.3, 0.4) is 0 Å². The van der Waals surface area contributed by atoms with Gasteiger partial charge >= 0.3 is 0 Å². The smallest absolute Gasteiger partial charge is 0.0369 e. The van der Waals surface area contributed by atoms with Gasteiger partial charge in [-0.2, -0.15) is 11.8 Å². The molecule has 0 aromatic heterocycles. The summed E-state index contributed by atoms with van der Waals surface area (Å²) in [5, 5.41) is 3.54. The Balaban J connectivity index is 1.88. The fourth-order valence-corrected chi connectivity index (χ4v) is 3.05. The van der Waals surface area contributed by atoms with Gasteiger partial charge in [-0.15, -0.1) is 0 Å². The molecule has 1 aromatic rings. The van der Waals surface area contributed by atoms with Gasteiger partial charge in [0.15, 0.2) is 0 Å². The van der Waals surface area contributed by atoms with Crippen molar-refractivity contribution in [2.24, 2.45) is 5.92 Å². The van der Waals surface area contributed by atoms with Crippen LogP contribution in [0.2, 0.25) is 0 Å². The molecule has 76 valence electrons. The number of nitrogens with one attached hydrogen (secondary N) is 1. The van der Waals surface area contributed by atoms with Gasteiger partial charge in [0.2, 0.25) is 0 Å². The van der Waals surface area contributed by atoms with Gasteiger partial charge in [-0.1, -0.05) is 18.2 Å². The van der Waals surface area contributed by atoms with Gasteiger partial charge < -0.3 is 5.32 Å². The van der Waals surface area contributed by atoms with Crippen LogP contribution in [-0.2, 0) is 0 Å². The van der Waals surface area contributed by atoms with Crippen molar-refractivity contribution in [2.45, 2.75) is 13.3 Å². The highest BCUT2D eigenvalue weighted by molar-refractivity contribution is 7.99. The molecule has 0 spiro atoms. The lowest BCUT2D eigenvalue weighted by molar-refractivity contribution is 0.631. The summed E-state index contributed by atoms with van der Waals surface area (Å²) in [6, 6.07) is 8.51. The molecule has 1 fully saturated rings. The van der Waals surface area contributed by atoms with Gasteiger partial charge in [-0.3, -0.25) is 0 Å². The monoisotopic (exact) mass is 207 g/mol. The molecule has 0 aliphatic carbocycles. The molecule has 0 radical (unpaired) electrons. The van der Waals surface area contributed by atoms with Crippen molar-refractivity contribution in [3.63, 3.8) is 0 Å². The Labute approximate surface area is 90.3 Å². The standard InChI is InChI=1S/C12H17NS/c1-10-4-2-3-5-12(10)13-8-11-6-7-14-9-11/h2-5,11,13H,6-9H2,1H3. The molecule has 1 aromatic carbocycles. The van der Waals surface area contributed by atoms with Crippen LogP contribution in [0.25, 0.3) is 0 Å². The number of hydrogen-bond donors (Lipinski definition) is 1. The van der Waals surface area contributed by atoms with E-state index in [0.29, 0.717) is 0 Å². The zero-order chi connectivity index (χ0) is 9.80. The molecule has 1 saturated heterocycles. The molecule has 2 heteroatoms. The van der Waals surface area contributed by atoms with Crippen LogP contribution in [0.1, 0.15) is 12.0 Å². The van der Waals surface area contributed by atoms with E-state index in [2.05, 4.69) is 48.3 Å². The molecule has 1 aliphatic rings. The highest BCUT2D eigenvalue weighted by atomic mass is 32.2. The second-order valence-electron chi connectivity index (χ2n) is 3.93. The maximum absolute atomic E-state index is 3.54. The second-order valence-corrected chi connectivity index (χ2v) is 5.08. The lowest BCUT2D eigenvalue weighted by atomic mass is 10.1. The lowest BCUT2D eigenvalue weighted by Crippen LogP contribution is -2.13. The van der Waals surface area contributed by atoms with Crippen molar-refractivity contribution in [2.75, 3.05) is 23.4 Å².